The lowest BCUT2D eigenvalue weighted by atomic mass is 9.91. The summed E-state index contributed by atoms with van der Waals surface area (Å²) in [4.78, 5) is 6.81. The van der Waals surface area contributed by atoms with Gasteiger partial charge in [-0.15, -0.1) is 0 Å². The molecule has 19 heavy (non-hydrogen) atoms. The van der Waals surface area contributed by atoms with Gasteiger partial charge >= 0.3 is 0 Å². The maximum atomic E-state index is 9.07. The van der Waals surface area contributed by atoms with Crippen LogP contribution < -0.4 is 9.64 Å². The number of aliphatic hydroxyl groups excluding tert-OH is 1. The van der Waals surface area contributed by atoms with Gasteiger partial charge in [0.15, 0.2) is 11.6 Å². The van der Waals surface area contributed by atoms with Crippen molar-refractivity contribution >= 4 is 5.82 Å². The molecule has 1 heterocycles. The van der Waals surface area contributed by atoms with Gasteiger partial charge in [-0.1, -0.05) is 0 Å². The summed E-state index contributed by atoms with van der Waals surface area (Å²) in [7, 11) is 0. The highest BCUT2D eigenvalue weighted by molar-refractivity contribution is 5.53. The first-order valence-electron chi connectivity index (χ1n) is 7.21. The molecular weight excluding hydrogens is 240 g/mol. The van der Waals surface area contributed by atoms with Crippen LogP contribution in [0.15, 0.2) is 18.3 Å². The minimum Gasteiger partial charge on any atom is -0.487 e. The van der Waals surface area contributed by atoms with Gasteiger partial charge in [0.05, 0.1) is 6.10 Å². The number of hydrogen-bond donors (Lipinski definition) is 1. The first-order valence-corrected chi connectivity index (χ1v) is 7.21. The van der Waals surface area contributed by atoms with E-state index >= 15 is 0 Å². The minimum atomic E-state index is 0.143. The summed E-state index contributed by atoms with van der Waals surface area (Å²) < 4.78 is 5.86. The fourth-order valence-electron chi connectivity index (χ4n) is 2.34. The molecular formula is C15H24N2O2. The topological polar surface area (TPSA) is 45.6 Å². The van der Waals surface area contributed by atoms with Crippen LogP contribution in [0.4, 0.5) is 5.82 Å². The van der Waals surface area contributed by atoms with Crippen LogP contribution in [0.2, 0.25) is 0 Å². The summed E-state index contributed by atoms with van der Waals surface area (Å²) in [6, 6.07) is 4.44. The first-order chi connectivity index (χ1) is 9.22. The van der Waals surface area contributed by atoms with Gasteiger partial charge in [0, 0.05) is 25.4 Å². The number of nitrogens with zero attached hydrogens (tertiary/aromatic N) is 2. The van der Waals surface area contributed by atoms with Gasteiger partial charge in [0.25, 0.3) is 0 Å². The van der Waals surface area contributed by atoms with E-state index in [1.165, 1.54) is 19.3 Å². The maximum absolute atomic E-state index is 9.07. The largest absolute Gasteiger partial charge is 0.487 e. The molecule has 1 fully saturated rings. The number of ether oxygens (including phenoxy) is 1. The van der Waals surface area contributed by atoms with Crippen LogP contribution in [0.25, 0.3) is 0 Å². The third kappa shape index (κ3) is 3.60. The normalized spacial score (nSPS) is 15.4. The lowest BCUT2D eigenvalue weighted by Gasteiger charge is -2.39. The number of rotatable bonds is 7. The van der Waals surface area contributed by atoms with Gasteiger partial charge in [-0.3, -0.25) is 0 Å². The van der Waals surface area contributed by atoms with Crippen LogP contribution in [-0.4, -0.2) is 35.4 Å². The highest BCUT2D eigenvalue weighted by atomic mass is 16.5. The molecule has 0 spiro atoms. The Kier molecular flexibility index (Phi) is 5.02. The zero-order valence-electron chi connectivity index (χ0n) is 11.9. The molecule has 2 rings (SSSR count). The van der Waals surface area contributed by atoms with Crippen molar-refractivity contribution in [3.8, 4) is 5.75 Å². The third-order valence-electron chi connectivity index (χ3n) is 3.46. The Morgan fingerprint density at radius 3 is 2.84 bits per heavy atom. The Balaban J connectivity index is 2.19. The standard InChI is InChI=1S/C15H24N2O2/c1-12(2)19-14-8-4-9-16-15(14)17(10-5-11-18)13-6-3-7-13/h4,8-9,12-13,18H,3,5-7,10-11H2,1-2H3. The Hall–Kier alpha value is -1.29. The predicted molar refractivity (Wildman–Crippen MR) is 76.7 cm³/mol. The van der Waals surface area contributed by atoms with Crippen LogP contribution >= 0.6 is 0 Å². The van der Waals surface area contributed by atoms with Crippen molar-refractivity contribution in [3.05, 3.63) is 18.3 Å². The Labute approximate surface area is 115 Å². The molecule has 4 nitrogen and oxygen atoms in total. The molecule has 0 unspecified atom stereocenters. The molecule has 1 aliphatic carbocycles. The van der Waals surface area contributed by atoms with Crippen LogP contribution in [0.5, 0.6) is 5.75 Å². The van der Waals surface area contributed by atoms with Crippen LogP contribution in [-0.2, 0) is 0 Å². The summed E-state index contributed by atoms with van der Waals surface area (Å²) in [5, 5.41) is 9.07. The van der Waals surface area contributed by atoms with E-state index in [1.54, 1.807) is 0 Å². The van der Waals surface area contributed by atoms with E-state index in [0.29, 0.717) is 6.04 Å². The number of aliphatic hydroxyl groups is 1. The highest BCUT2D eigenvalue weighted by Gasteiger charge is 2.27. The molecule has 0 bridgehead atoms. The summed E-state index contributed by atoms with van der Waals surface area (Å²) in [6.45, 7) is 5.11. The number of hydrogen-bond acceptors (Lipinski definition) is 4. The molecule has 0 aromatic carbocycles. The molecule has 1 aliphatic rings. The van der Waals surface area contributed by atoms with Gasteiger partial charge in [0.2, 0.25) is 0 Å². The van der Waals surface area contributed by atoms with Crippen molar-refractivity contribution in [2.24, 2.45) is 0 Å². The van der Waals surface area contributed by atoms with Gasteiger partial charge in [-0.2, -0.15) is 0 Å². The molecule has 1 saturated carbocycles. The van der Waals surface area contributed by atoms with E-state index in [-0.39, 0.29) is 12.7 Å². The van der Waals surface area contributed by atoms with E-state index in [1.807, 2.05) is 32.2 Å². The van der Waals surface area contributed by atoms with E-state index in [4.69, 9.17) is 9.84 Å². The molecule has 0 radical (unpaired) electrons. The van der Waals surface area contributed by atoms with Gasteiger partial charge in [-0.05, 0) is 51.7 Å². The Morgan fingerprint density at radius 2 is 2.26 bits per heavy atom. The minimum absolute atomic E-state index is 0.143. The van der Waals surface area contributed by atoms with E-state index in [9.17, 15) is 0 Å². The van der Waals surface area contributed by atoms with Crippen molar-refractivity contribution in [1.29, 1.82) is 0 Å². The molecule has 106 valence electrons. The predicted octanol–water partition coefficient (Wildman–Crippen LogP) is 2.61. The summed E-state index contributed by atoms with van der Waals surface area (Å²) >= 11 is 0. The highest BCUT2D eigenvalue weighted by Crippen LogP contribution is 2.34. The first kappa shape index (κ1) is 14.1. The van der Waals surface area contributed by atoms with Gasteiger partial charge in [-0.25, -0.2) is 4.98 Å². The van der Waals surface area contributed by atoms with E-state index in [0.717, 1.165) is 24.5 Å². The molecule has 0 amide bonds. The molecule has 0 saturated heterocycles. The SMILES string of the molecule is CC(C)Oc1cccnc1N(CCCO)C1CCC1. The fraction of sp³-hybridized carbons (Fsp3) is 0.667. The van der Waals surface area contributed by atoms with Crippen molar-refractivity contribution in [2.45, 2.75) is 51.7 Å². The number of pyridine rings is 1. The molecule has 0 atom stereocenters. The number of aromatic nitrogens is 1. The zero-order chi connectivity index (χ0) is 13.7. The van der Waals surface area contributed by atoms with Crippen LogP contribution in [0.3, 0.4) is 0 Å². The zero-order valence-corrected chi connectivity index (χ0v) is 11.9. The van der Waals surface area contributed by atoms with Gasteiger partial charge in [0.1, 0.15) is 0 Å². The van der Waals surface area contributed by atoms with Crippen LogP contribution in [0, 0.1) is 0 Å². The van der Waals surface area contributed by atoms with Crippen molar-refractivity contribution in [2.75, 3.05) is 18.1 Å². The summed E-state index contributed by atoms with van der Waals surface area (Å²) in [5.74, 6) is 1.77. The summed E-state index contributed by atoms with van der Waals surface area (Å²) in [6.07, 6.45) is 6.44. The Bertz CT molecular complexity index is 391. The number of anilines is 1. The van der Waals surface area contributed by atoms with Crippen molar-refractivity contribution in [3.63, 3.8) is 0 Å². The quantitative estimate of drug-likeness (QED) is 0.822. The van der Waals surface area contributed by atoms with Crippen LogP contribution in [0.1, 0.15) is 39.5 Å². The molecule has 1 aromatic rings. The average molecular weight is 264 g/mol. The molecule has 4 heteroatoms. The average Bonchev–Trinajstić information content (AvgIpc) is 2.32. The Morgan fingerprint density at radius 1 is 1.47 bits per heavy atom. The smallest absolute Gasteiger partial charge is 0.171 e. The van der Waals surface area contributed by atoms with Gasteiger partial charge < -0.3 is 14.7 Å². The maximum Gasteiger partial charge on any atom is 0.171 e. The molecule has 1 N–H and O–H groups in total. The second-order valence-electron chi connectivity index (χ2n) is 5.35. The molecule has 1 aromatic heterocycles. The summed E-state index contributed by atoms with van der Waals surface area (Å²) in [5.41, 5.74) is 0. The second kappa shape index (κ2) is 6.75. The lowest BCUT2D eigenvalue weighted by Crippen LogP contribution is -2.42. The molecule has 0 aliphatic heterocycles. The third-order valence-corrected chi connectivity index (χ3v) is 3.46. The monoisotopic (exact) mass is 264 g/mol. The van der Waals surface area contributed by atoms with E-state index in [2.05, 4.69) is 9.88 Å². The van der Waals surface area contributed by atoms with E-state index < -0.39 is 0 Å². The fourth-order valence-corrected chi connectivity index (χ4v) is 2.34. The lowest BCUT2D eigenvalue weighted by molar-refractivity contribution is 0.239. The van der Waals surface area contributed by atoms with Crippen molar-refractivity contribution < 1.29 is 9.84 Å². The second-order valence-corrected chi connectivity index (χ2v) is 5.35. The van der Waals surface area contributed by atoms with Crippen molar-refractivity contribution in [1.82, 2.24) is 4.98 Å².